The minimum atomic E-state index is -4.39. The zero-order valence-corrected chi connectivity index (χ0v) is 9.04. The van der Waals surface area contributed by atoms with E-state index in [1.165, 1.54) is 6.26 Å². The molecular weight excluding hydrogens is 237 g/mol. The van der Waals surface area contributed by atoms with Crippen molar-refractivity contribution >= 4 is 5.91 Å². The van der Waals surface area contributed by atoms with E-state index in [1.807, 2.05) is 5.32 Å². The summed E-state index contributed by atoms with van der Waals surface area (Å²) in [5.74, 6) is -1.02. The lowest BCUT2D eigenvalue weighted by molar-refractivity contribution is -0.154. The van der Waals surface area contributed by atoms with Crippen LogP contribution in [0.1, 0.15) is 18.0 Å². The number of nitrogens with one attached hydrogen (secondary N) is 1. The van der Waals surface area contributed by atoms with Crippen LogP contribution >= 0.6 is 0 Å². The molecule has 1 aliphatic rings. The summed E-state index contributed by atoms with van der Waals surface area (Å²) in [5.41, 5.74) is 0.644. The standard InChI is InChI=1S/C10H11F3N2O2/c1-5-4-17-8(14-5)3-6-2-7(10(11,12)13)15-9(6)16/h4,6-7H,2-3H2,1H3,(H,15,16). The van der Waals surface area contributed by atoms with Crippen molar-refractivity contribution in [1.82, 2.24) is 10.3 Å². The quantitative estimate of drug-likeness (QED) is 0.864. The maximum atomic E-state index is 12.4. The van der Waals surface area contributed by atoms with E-state index in [0.29, 0.717) is 11.6 Å². The Hall–Kier alpha value is -1.53. The van der Waals surface area contributed by atoms with Crippen molar-refractivity contribution in [1.29, 1.82) is 0 Å². The van der Waals surface area contributed by atoms with Gasteiger partial charge in [-0.2, -0.15) is 13.2 Å². The number of hydrogen-bond acceptors (Lipinski definition) is 3. The molecule has 1 aliphatic heterocycles. The van der Waals surface area contributed by atoms with E-state index in [4.69, 9.17) is 4.42 Å². The van der Waals surface area contributed by atoms with Gasteiger partial charge in [0.15, 0.2) is 5.89 Å². The molecule has 7 heteroatoms. The first-order chi connectivity index (χ1) is 7.86. The van der Waals surface area contributed by atoms with Crippen LogP contribution in [0.25, 0.3) is 0 Å². The fourth-order valence-electron chi connectivity index (χ4n) is 1.84. The molecule has 0 bridgehead atoms. The third-order valence-electron chi connectivity index (χ3n) is 2.69. The van der Waals surface area contributed by atoms with Crippen LogP contribution in [-0.4, -0.2) is 23.1 Å². The second-order valence-electron chi connectivity index (χ2n) is 4.12. The Balaban J connectivity index is 2.02. The number of hydrogen-bond donors (Lipinski definition) is 1. The second-order valence-corrected chi connectivity index (χ2v) is 4.12. The van der Waals surface area contributed by atoms with Gasteiger partial charge in [0.05, 0.1) is 5.69 Å². The molecule has 94 valence electrons. The molecule has 0 saturated carbocycles. The van der Waals surface area contributed by atoms with Crippen molar-refractivity contribution in [2.45, 2.75) is 32.0 Å². The Bertz CT molecular complexity index is 427. The van der Waals surface area contributed by atoms with Crippen molar-refractivity contribution in [2.24, 2.45) is 5.92 Å². The molecule has 4 nitrogen and oxygen atoms in total. The molecule has 1 aromatic heterocycles. The van der Waals surface area contributed by atoms with Crippen molar-refractivity contribution < 1.29 is 22.4 Å². The van der Waals surface area contributed by atoms with Gasteiger partial charge in [0.1, 0.15) is 12.3 Å². The summed E-state index contributed by atoms with van der Waals surface area (Å²) in [5, 5.41) is 1.94. The Morgan fingerprint density at radius 2 is 2.29 bits per heavy atom. The van der Waals surface area contributed by atoms with Crippen molar-refractivity contribution in [3.63, 3.8) is 0 Å². The van der Waals surface area contributed by atoms with Crippen molar-refractivity contribution in [2.75, 3.05) is 0 Å². The Morgan fingerprint density at radius 1 is 1.59 bits per heavy atom. The van der Waals surface area contributed by atoms with E-state index < -0.39 is 24.0 Å². The summed E-state index contributed by atoms with van der Waals surface area (Å²) in [6, 6.07) is -1.75. The molecule has 0 aromatic carbocycles. The molecule has 1 aromatic rings. The van der Waals surface area contributed by atoms with Gasteiger partial charge in [-0.15, -0.1) is 0 Å². The minimum absolute atomic E-state index is 0.103. The molecule has 1 N–H and O–H groups in total. The normalized spacial score (nSPS) is 25.1. The number of alkyl halides is 3. The fraction of sp³-hybridized carbons (Fsp3) is 0.600. The van der Waals surface area contributed by atoms with Crippen LogP contribution < -0.4 is 5.32 Å². The van der Waals surface area contributed by atoms with Crippen LogP contribution in [0.15, 0.2) is 10.7 Å². The van der Waals surface area contributed by atoms with Gasteiger partial charge in [-0.25, -0.2) is 4.98 Å². The summed E-state index contributed by atoms with van der Waals surface area (Å²) < 4.78 is 42.2. The first kappa shape index (κ1) is 11.9. The molecule has 2 heterocycles. The molecule has 17 heavy (non-hydrogen) atoms. The van der Waals surface area contributed by atoms with Crippen molar-refractivity contribution in [3.8, 4) is 0 Å². The van der Waals surface area contributed by atoms with Crippen LogP contribution in [0, 0.1) is 12.8 Å². The lowest BCUT2D eigenvalue weighted by Gasteiger charge is -2.13. The average molecular weight is 248 g/mol. The van der Waals surface area contributed by atoms with Crippen LogP contribution in [0.2, 0.25) is 0 Å². The van der Waals surface area contributed by atoms with Crippen LogP contribution in [0.5, 0.6) is 0 Å². The fourth-order valence-corrected chi connectivity index (χ4v) is 1.84. The predicted molar refractivity (Wildman–Crippen MR) is 51.0 cm³/mol. The Morgan fingerprint density at radius 3 is 2.76 bits per heavy atom. The Labute approximate surface area is 95.2 Å². The third kappa shape index (κ3) is 2.59. The lowest BCUT2D eigenvalue weighted by atomic mass is 10.0. The van der Waals surface area contributed by atoms with E-state index in [1.54, 1.807) is 6.92 Å². The zero-order chi connectivity index (χ0) is 12.6. The van der Waals surface area contributed by atoms with E-state index >= 15 is 0 Å². The Kier molecular flexibility index (Phi) is 2.84. The maximum Gasteiger partial charge on any atom is 0.408 e. The van der Waals surface area contributed by atoms with Gasteiger partial charge in [-0.1, -0.05) is 0 Å². The first-order valence-electron chi connectivity index (χ1n) is 5.14. The topological polar surface area (TPSA) is 55.1 Å². The average Bonchev–Trinajstić information content (AvgIpc) is 2.74. The van der Waals surface area contributed by atoms with Gasteiger partial charge in [-0.05, 0) is 13.3 Å². The first-order valence-corrected chi connectivity index (χ1v) is 5.14. The summed E-state index contributed by atoms with van der Waals surface area (Å²) in [6.07, 6.45) is -3.14. The molecule has 1 fully saturated rings. The minimum Gasteiger partial charge on any atom is -0.449 e. The predicted octanol–water partition coefficient (Wildman–Crippen LogP) is 1.59. The van der Waals surface area contributed by atoms with Gasteiger partial charge < -0.3 is 9.73 Å². The summed E-state index contributed by atoms with van der Waals surface area (Å²) >= 11 is 0. The monoisotopic (exact) mass is 248 g/mol. The molecule has 0 aliphatic carbocycles. The van der Waals surface area contributed by atoms with Crippen LogP contribution in [0.4, 0.5) is 13.2 Å². The van der Waals surface area contributed by atoms with Gasteiger partial charge in [0.25, 0.3) is 0 Å². The number of oxazole rings is 1. The van der Waals surface area contributed by atoms with Gasteiger partial charge in [0.2, 0.25) is 5.91 Å². The number of amides is 1. The van der Waals surface area contributed by atoms with Crippen molar-refractivity contribution in [3.05, 3.63) is 17.8 Å². The van der Waals surface area contributed by atoms with E-state index in [9.17, 15) is 18.0 Å². The summed E-state index contributed by atoms with van der Waals surface area (Å²) in [7, 11) is 0. The lowest BCUT2D eigenvalue weighted by Crippen LogP contribution is -2.38. The highest BCUT2D eigenvalue weighted by atomic mass is 19.4. The van der Waals surface area contributed by atoms with Gasteiger partial charge >= 0.3 is 6.18 Å². The molecule has 0 spiro atoms. The van der Waals surface area contributed by atoms with Crippen LogP contribution in [-0.2, 0) is 11.2 Å². The third-order valence-corrected chi connectivity index (χ3v) is 2.69. The summed E-state index contributed by atoms with van der Waals surface area (Å²) in [4.78, 5) is 15.3. The van der Waals surface area contributed by atoms with Gasteiger partial charge in [-0.3, -0.25) is 4.79 Å². The number of aromatic nitrogens is 1. The maximum absolute atomic E-state index is 12.4. The molecular formula is C10H11F3N2O2. The molecule has 2 atom stereocenters. The SMILES string of the molecule is Cc1coc(CC2CC(C(F)(F)F)NC2=O)n1. The number of rotatable bonds is 2. The van der Waals surface area contributed by atoms with E-state index in [2.05, 4.69) is 4.98 Å². The smallest absolute Gasteiger partial charge is 0.408 e. The highest BCUT2D eigenvalue weighted by Gasteiger charge is 2.47. The number of nitrogens with zero attached hydrogens (tertiary/aromatic N) is 1. The number of carbonyl (C=O) groups is 1. The molecule has 1 amide bonds. The zero-order valence-electron chi connectivity index (χ0n) is 9.04. The molecule has 1 saturated heterocycles. The second kappa shape index (κ2) is 4.05. The highest BCUT2D eigenvalue weighted by molar-refractivity contribution is 5.81. The van der Waals surface area contributed by atoms with E-state index in [0.717, 1.165) is 0 Å². The molecule has 2 unspecified atom stereocenters. The number of carbonyl (C=O) groups excluding carboxylic acids is 1. The number of aryl methyl sites for hydroxylation is 1. The number of halogens is 3. The molecule has 0 radical (unpaired) electrons. The molecule has 2 rings (SSSR count). The van der Waals surface area contributed by atoms with E-state index in [-0.39, 0.29) is 12.8 Å². The van der Waals surface area contributed by atoms with Gasteiger partial charge in [0, 0.05) is 12.3 Å². The summed E-state index contributed by atoms with van der Waals surface area (Å²) in [6.45, 7) is 1.71. The van der Waals surface area contributed by atoms with Crippen LogP contribution in [0.3, 0.4) is 0 Å². The largest absolute Gasteiger partial charge is 0.449 e. The highest BCUT2D eigenvalue weighted by Crippen LogP contribution is 2.31.